The van der Waals surface area contributed by atoms with Crippen molar-refractivity contribution in [1.29, 1.82) is 0 Å². The fourth-order valence-corrected chi connectivity index (χ4v) is 6.30. The first-order valence-corrected chi connectivity index (χ1v) is 10.7. The molecule has 21 heavy (non-hydrogen) atoms. The first-order chi connectivity index (χ1) is 10.0. The molecule has 1 saturated heterocycles. The molecule has 1 aliphatic heterocycles. The van der Waals surface area contributed by atoms with E-state index in [0.29, 0.717) is 5.75 Å². The third-order valence-electron chi connectivity index (χ3n) is 3.57. The van der Waals surface area contributed by atoms with Crippen molar-refractivity contribution in [3.05, 3.63) is 43.7 Å². The van der Waals surface area contributed by atoms with Crippen molar-refractivity contribution in [2.75, 3.05) is 11.5 Å². The number of hydrogen-bond acceptors (Lipinski definition) is 5. The third kappa shape index (κ3) is 3.87. The SMILES string of the molecule is O=S1(=O)CCCC(NC(c2cccs2)c2ccc(Cl)s2)C1. The Bertz CT molecular complexity index is 694. The topological polar surface area (TPSA) is 46.2 Å². The number of nitrogens with one attached hydrogen (secondary N) is 1. The fourth-order valence-electron chi connectivity index (χ4n) is 2.63. The van der Waals surface area contributed by atoms with Crippen molar-refractivity contribution >= 4 is 44.1 Å². The molecule has 0 aromatic carbocycles. The molecule has 0 aliphatic carbocycles. The Morgan fingerprint density at radius 1 is 1.29 bits per heavy atom. The summed E-state index contributed by atoms with van der Waals surface area (Å²) >= 11 is 9.27. The highest BCUT2D eigenvalue weighted by atomic mass is 35.5. The lowest BCUT2D eigenvalue weighted by atomic mass is 10.1. The second-order valence-electron chi connectivity index (χ2n) is 5.21. The van der Waals surface area contributed by atoms with E-state index in [0.717, 1.165) is 22.1 Å². The number of hydrogen-bond donors (Lipinski definition) is 1. The van der Waals surface area contributed by atoms with Gasteiger partial charge in [-0.15, -0.1) is 22.7 Å². The average Bonchev–Trinajstić information content (AvgIpc) is 3.06. The summed E-state index contributed by atoms with van der Waals surface area (Å²) in [5, 5.41) is 5.57. The normalized spacial score (nSPS) is 23.0. The molecule has 2 aromatic heterocycles. The summed E-state index contributed by atoms with van der Waals surface area (Å²) < 4.78 is 24.4. The van der Waals surface area contributed by atoms with Crippen LogP contribution in [0.3, 0.4) is 0 Å². The monoisotopic (exact) mass is 361 g/mol. The van der Waals surface area contributed by atoms with Crippen LogP contribution in [0.4, 0.5) is 0 Å². The van der Waals surface area contributed by atoms with Gasteiger partial charge in [-0.3, -0.25) is 0 Å². The molecule has 1 aliphatic rings. The Balaban J connectivity index is 1.83. The fraction of sp³-hybridized carbons (Fsp3) is 0.429. The van der Waals surface area contributed by atoms with Gasteiger partial charge in [-0.05, 0) is 36.4 Å². The summed E-state index contributed by atoms with van der Waals surface area (Å²) in [5.74, 6) is 0.549. The zero-order chi connectivity index (χ0) is 14.9. The van der Waals surface area contributed by atoms with Gasteiger partial charge in [0.1, 0.15) is 0 Å². The molecule has 3 rings (SSSR count). The predicted octanol–water partition coefficient (Wildman–Crippen LogP) is 3.72. The van der Waals surface area contributed by atoms with Gasteiger partial charge in [-0.1, -0.05) is 17.7 Å². The highest BCUT2D eigenvalue weighted by molar-refractivity contribution is 7.91. The van der Waals surface area contributed by atoms with Crippen LogP contribution in [-0.2, 0) is 9.84 Å². The van der Waals surface area contributed by atoms with Crippen LogP contribution >= 0.6 is 34.3 Å². The zero-order valence-electron chi connectivity index (χ0n) is 11.3. The molecule has 1 fully saturated rings. The molecule has 0 radical (unpaired) electrons. The summed E-state index contributed by atoms with van der Waals surface area (Å²) in [5.41, 5.74) is 0. The molecule has 0 saturated carbocycles. The van der Waals surface area contributed by atoms with E-state index in [1.54, 1.807) is 22.7 Å². The average molecular weight is 362 g/mol. The van der Waals surface area contributed by atoms with Crippen molar-refractivity contribution in [2.24, 2.45) is 0 Å². The minimum absolute atomic E-state index is 0.0109. The maximum atomic E-state index is 11.8. The molecule has 7 heteroatoms. The van der Waals surface area contributed by atoms with Gasteiger partial charge in [-0.25, -0.2) is 8.42 Å². The van der Waals surface area contributed by atoms with E-state index >= 15 is 0 Å². The predicted molar refractivity (Wildman–Crippen MR) is 90.3 cm³/mol. The van der Waals surface area contributed by atoms with Crippen LogP contribution in [0.2, 0.25) is 4.34 Å². The van der Waals surface area contributed by atoms with Crippen LogP contribution in [-0.4, -0.2) is 26.0 Å². The Hall–Kier alpha value is -0.400. The van der Waals surface area contributed by atoms with Crippen LogP contribution in [0.25, 0.3) is 0 Å². The maximum Gasteiger partial charge on any atom is 0.151 e. The van der Waals surface area contributed by atoms with Crippen molar-refractivity contribution in [1.82, 2.24) is 5.32 Å². The molecule has 1 N–H and O–H groups in total. The van der Waals surface area contributed by atoms with E-state index in [1.165, 1.54) is 4.88 Å². The van der Waals surface area contributed by atoms with Crippen LogP contribution in [0.15, 0.2) is 29.6 Å². The van der Waals surface area contributed by atoms with Gasteiger partial charge in [-0.2, -0.15) is 0 Å². The number of thiophene rings is 2. The standard InChI is InChI=1S/C14H16ClNO2S3/c15-13-6-5-12(20-13)14(11-4-1-7-19-11)16-10-3-2-8-21(17,18)9-10/h1,4-7,10,14,16H,2-3,8-9H2. The van der Waals surface area contributed by atoms with E-state index < -0.39 is 9.84 Å². The Labute approximate surface area is 137 Å². The van der Waals surface area contributed by atoms with Gasteiger partial charge in [0, 0.05) is 15.8 Å². The molecular weight excluding hydrogens is 346 g/mol. The molecule has 2 aromatic rings. The van der Waals surface area contributed by atoms with Crippen LogP contribution in [0, 0.1) is 0 Å². The molecule has 3 nitrogen and oxygen atoms in total. The van der Waals surface area contributed by atoms with Crippen molar-refractivity contribution in [3.8, 4) is 0 Å². The highest BCUT2D eigenvalue weighted by Gasteiger charge is 2.28. The first kappa shape index (κ1) is 15.5. The summed E-state index contributed by atoms with van der Waals surface area (Å²) in [6, 6.07) is 8.04. The van der Waals surface area contributed by atoms with E-state index in [1.807, 2.05) is 23.6 Å². The number of rotatable bonds is 4. The van der Waals surface area contributed by atoms with Crippen molar-refractivity contribution in [3.63, 3.8) is 0 Å². The Morgan fingerprint density at radius 3 is 2.76 bits per heavy atom. The first-order valence-electron chi connectivity index (χ1n) is 6.78. The molecule has 114 valence electrons. The van der Waals surface area contributed by atoms with Gasteiger partial charge in [0.25, 0.3) is 0 Å². The van der Waals surface area contributed by atoms with E-state index in [-0.39, 0.29) is 17.8 Å². The lowest BCUT2D eigenvalue weighted by Gasteiger charge is -2.27. The second kappa shape index (κ2) is 6.38. The summed E-state index contributed by atoms with van der Waals surface area (Å²) in [6.07, 6.45) is 1.64. The molecular formula is C14H16ClNO2S3. The third-order valence-corrected chi connectivity index (χ3v) is 7.63. The lowest BCUT2D eigenvalue weighted by Crippen LogP contribution is -2.41. The maximum absolute atomic E-state index is 11.8. The molecule has 3 heterocycles. The van der Waals surface area contributed by atoms with Gasteiger partial charge in [0.15, 0.2) is 9.84 Å². The van der Waals surface area contributed by atoms with Gasteiger partial charge < -0.3 is 5.32 Å². The lowest BCUT2D eigenvalue weighted by molar-refractivity contribution is 0.456. The second-order valence-corrected chi connectivity index (χ2v) is 10.2. The van der Waals surface area contributed by atoms with Crippen LogP contribution in [0.1, 0.15) is 28.6 Å². The molecule has 2 atom stereocenters. The van der Waals surface area contributed by atoms with Gasteiger partial charge >= 0.3 is 0 Å². The number of sulfone groups is 1. The minimum Gasteiger partial charge on any atom is -0.301 e. The van der Waals surface area contributed by atoms with E-state index in [2.05, 4.69) is 11.4 Å². The summed E-state index contributed by atoms with van der Waals surface area (Å²) in [4.78, 5) is 2.32. The minimum atomic E-state index is -2.91. The number of halogens is 1. The van der Waals surface area contributed by atoms with Crippen molar-refractivity contribution in [2.45, 2.75) is 24.9 Å². The largest absolute Gasteiger partial charge is 0.301 e. The Kier molecular flexibility index (Phi) is 4.71. The van der Waals surface area contributed by atoms with Crippen LogP contribution in [0.5, 0.6) is 0 Å². The highest BCUT2D eigenvalue weighted by Crippen LogP contribution is 2.34. The molecule has 2 unspecified atom stereocenters. The van der Waals surface area contributed by atoms with Crippen LogP contribution < -0.4 is 5.32 Å². The Morgan fingerprint density at radius 2 is 2.14 bits per heavy atom. The van der Waals surface area contributed by atoms with Gasteiger partial charge in [0.05, 0.1) is 21.9 Å². The van der Waals surface area contributed by atoms with Gasteiger partial charge in [0.2, 0.25) is 0 Å². The quantitative estimate of drug-likeness (QED) is 0.902. The molecule has 0 amide bonds. The zero-order valence-corrected chi connectivity index (χ0v) is 14.5. The summed E-state index contributed by atoms with van der Waals surface area (Å²) in [7, 11) is -2.91. The van der Waals surface area contributed by atoms with E-state index in [9.17, 15) is 8.42 Å². The molecule has 0 spiro atoms. The van der Waals surface area contributed by atoms with E-state index in [4.69, 9.17) is 11.6 Å². The van der Waals surface area contributed by atoms with Crippen molar-refractivity contribution < 1.29 is 8.42 Å². The molecule has 0 bridgehead atoms. The smallest absolute Gasteiger partial charge is 0.151 e. The summed E-state index contributed by atoms with van der Waals surface area (Å²) in [6.45, 7) is 0.